The van der Waals surface area contributed by atoms with Crippen LogP contribution < -0.4 is 5.32 Å². The minimum atomic E-state index is -0.204. The van der Waals surface area contributed by atoms with E-state index in [1.807, 2.05) is 6.07 Å². The van der Waals surface area contributed by atoms with Crippen LogP contribution in [0.4, 0.5) is 4.39 Å². The first-order valence-electron chi connectivity index (χ1n) is 6.91. The van der Waals surface area contributed by atoms with Gasteiger partial charge in [-0.3, -0.25) is 0 Å². The summed E-state index contributed by atoms with van der Waals surface area (Å²) in [4.78, 5) is 0. The second-order valence-electron chi connectivity index (χ2n) is 6.01. The number of ether oxygens (including phenoxy) is 1. The third kappa shape index (κ3) is 4.59. The second kappa shape index (κ2) is 7.01. The highest BCUT2D eigenvalue weighted by atomic mass is 19.1. The molecule has 1 rings (SSSR count). The first kappa shape index (κ1) is 16.1. The maximum absolute atomic E-state index is 13.4. The molecule has 1 N–H and O–H groups in total. The molecule has 0 bridgehead atoms. The molecule has 0 spiro atoms. The van der Waals surface area contributed by atoms with Crippen molar-refractivity contribution in [1.82, 2.24) is 5.32 Å². The monoisotopic (exact) mass is 267 g/mol. The first-order chi connectivity index (χ1) is 8.90. The molecule has 0 fully saturated rings. The van der Waals surface area contributed by atoms with Crippen LogP contribution in [0.5, 0.6) is 0 Å². The largest absolute Gasteiger partial charge is 0.379 e. The average Bonchev–Trinajstić information content (AvgIpc) is 2.32. The van der Waals surface area contributed by atoms with Crippen molar-refractivity contribution in [2.24, 2.45) is 5.41 Å². The van der Waals surface area contributed by atoms with Crippen LogP contribution >= 0.6 is 0 Å². The molecule has 3 heteroatoms. The maximum atomic E-state index is 13.4. The summed E-state index contributed by atoms with van der Waals surface area (Å²) < 4.78 is 19.1. The Bertz CT molecular complexity index is 387. The highest BCUT2D eigenvalue weighted by Gasteiger charge is 2.33. The van der Waals surface area contributed by atoms with Gasteiger partial charge in [-0.25, -0.2) is 4.39 Å². The Kier molecular flexibility index (Phi) is 5.95. The van der Waals surface area contributed by atoms with Gasteiger partial charge in [-0.2, -0.15) is 0 Å². The fraction of sp³-hybridized carbons (Fsp3) is 0.625. The number of methoxy groups -OCH3 is 1. The summed E-state index contributed by atoms with van der Waals surface area (Å²) in [7, 11) is 1.72. The molecule has 1 aromatic rings. The summed E-state index contributed by atoms with van der Waals surface area (Å²) in [5.74, 6) is -0.204. The summed E-state index contributed by atoms with van der Waals surface area (Å²) in [5.41, 5.74) is 0.919. The molecular formula is C16H26FNO. The number of nitrogens with one attached hydrogen (secondary N) is 1. The highest BCUT2D eigenvalue weighted by molar-refractivity contribution is 5.22. The lowest BCUT2D eigenvalue weighted by Gasteiger charge is -2.37. The number of benzene rings is 1. The molecular weight excluding hydrogens is 241 g/mol. The summed E-state index contributed by atoms with van der Waals surface area (Å²) >= 11 is 0. The van der Waals surface area contributed by atoms with E-state index in [1.165, 1.54) is 6.07 Å². The van der Waals surface area contributed by atoms with Gasteiger partial charge < -0.3 is 10.1 Å². The fourth-order valence-corrected chi connectivity index (χ4v) is 2.39. The molecule has 2 unspecified atom stereocenters. The summed E-state index contributed by atoms with van der Waals surface area (Å²) in [5, 5.41) is 3.48. The molecule has 108 valence electrons. The van der Waals surface area contributed by atoms with Gasteiger partial charge in [0.1, 0.15) is 5.82 Å². The quantitative estimate of drug-likeness (QED) is 0.843. The molecule has 1 aromatic carbocycles. The van der Waals surface area contributed by atoms with Gasteiger partial charge in [0.15, 0.2) is 0 Å². The fourth-order valence-electron chi connectivity index (χ4n) is 2.39. The number of hydrogen-bond acceptors (Lipinski definition) is 2. The zero-order valence-corrected chi connectivity index (χ0v) is 12.7. The van der Waals surface area contributed by atoms with Gasteiger partial charge in [-0.05, 0) is 36.1 Å². The average molecular weight is 267 g/mol. The van der Waals surface area contributed by atoms with Crippen LogP contribution in [0.15, 0.2) is 24.3 Å². The van der Waals surface area contributed by atoms with Crippen molar-refractivity contribution < 1.29 is 9.13 Å². The molecule has 0 amide bonds. The van der Waals surface area contributed by atoms with Crippen molar-refractivity contribution in [2.75, 3.05) is 13.7 Å². The van der Waals surface area contributed by atoms with Gasteiger partial charge in [0.25, 0.3) is 0 Å². The lowest BCUT2D eigenvalue weighted by molar-refractivity contribution is -0.0119. The van der Waals surface area contributed by atoms with E-state index in [1.54, 1.807) is 19.2 Å². The van der Waals surface area contributed by atoms with Gasteiger partial charge in [0, 0.05) is 7.11 Å². The third-order valence-electron chi connectivity index (χ3n) is 3.23. The minimum Gasteiger partial charge on any atom is -0.379 e. The molecule has 0 radical (unpaired) electrons. The molecule has 0 heterocycles. The first-order valence-corrected chi connectivity index (χ1v) is 6.91. The predicted molar refractivity (Wildman–Crippen MR) is 77.7 cm³/mol. The minimum absolute atomic E-state index is 0.000602. The van der Waals surface area contributed by atoms with Crippen LogP contribution in [0.3, 0.4) is 0 Å². The van der Waals surface area contributed by atoms with E-state index >= 15 is 0 Å². The van der Waals surface area contributed by atoms with E-state index in [9.17, 15) is 4.39 Å². The second-order valence-corrected chi connectivity index (χ2v) is 6.01. The van der Waals surface area contributed by atoms with Gasteiger partial charge in [-0.15, -0.1) is 0 Å². The molecule has 0 aromatic heterocycles. The molecule has 2 nitrogen and oxygen atoms in total. The zero-order chi connectivity index (χ0) is 14.5. The number of halogens is 1. The Labute approximate surface area is 116 Å². The van der Waals surface area contributed by atoms with E-state index in [-0.39, 0.29) is 23.4 Å². The molecule has 19 heavy (non-hydrogen) atoms. The zero-order valence-electron chi connectivity index (χ0n) is 12.7. The topological polar surface area (TPSA) is 21.3 Å². The lowest BCUT2D eigenvalue weighted by atomic mass is 9.82. The lowest BCUT2D eigenvalue weighted by Crippen LogP contribution is -2.41. The van der Waals surface area contributed by atoms with Gasteiger partial charge in [0.2, 0.25) is 0 Å². The molecule has 0 aliphatic heterocycles. The Morgan fingerprint density at radius 1 is 1.32 bits per heavy atom. The summed E-state index contributed by atoms with van der Waals surface area (Å²) in [6, 6.07) is 6.76. The van der Waals surface area contributed by atoms with Crippen LogP contribution in [0.25, 0.3) is 0 Å². The van der Waals surface area contributed by atoms with Crippen molar-refractivity contribution in [1.29, 1.82) is 0 Å². The van der Waals surface area contributed by atoms with E-state index in [0.717, 1.165) is 18.5 Å². The Morgan fingerprint density at radius 3 is 2.47 bits per heavy atom. The molecule has 0 saturated carbocycles. The van der Waals surface area contributed by atoms with E-state index < -0.39 is 0 Å². The van der Waals surface area contributed by atoms with Crippen LogP contribution in [-0.2, 0) is 4.74 Å². The Balaban J connectivity index is 3.06. The predicted octanol–water partition coefficient (Wildman–Crippen LogP) is 3.93. The smallest absolute Gasteiger partial charge is 0.123 e. The van der Waals surface area contributed by atoms with Crippen LogP contribution in [0, 0.1) is 11.2 Å². The van der Waals surface area contributed by atoms with Crippen molar-refractivity contribution >= 4 is 0 Å². The van der Waals surface area contributed by atoms with Gasteiger partial charge >= 0.3 is 0 Å². The van der Waals surface area contributed by atoms with Crippen LogP contribution in [0.2, 0.25) is 0 Å². The van der Waals surface area contributed by atoms with Crippen molar-refractivity contribution in [3.8, 4) is 0 Å². The molecule has 0 aliphatic rings. The van der Waals surface area contributed by atoms with Gasteiger partial charge in [0.05, 0.1) is 12.1 Å². The van der Waals surface area contributed by atoms with Crippen molar-refractivity contribution in [2.45, 2.75) is 46.3 Å². The van der Waals surface area contributed by atoms with Crippen molar-refractivity contribution in [3.05, 3.63) is 35.6 Å². The number of hydrogen-bond donors (Lipinski definition) is 1. The Morgan fingerprint density at radius 2 is 2.00 bits per heavy atom. The normalized spacial score (nSPS) is 15.3. The van der Waals surface area contributed by atoms with Crippen molar-refractivity contribution in [3.63, 3.8) is 0 Å². The SMILES string of the molecule is CCCNC(c1cccc(F)c1)C(OC)C(C)(C)C. The Hall–Kier alpha value is -0.930. The van der Waals surface area contributed by atoms with E-state index in [0.29, 0.717) is 0 Å². The number of rotatable bonds is 6. The van der Waals surface area contributed by atoms with E-state index in [2.05, 4.69) is 33.0 Å². The molecule has 0 aliphatic carbocycles. The van der Waals surface area contributed by atoms with Crippen LogP contribution in [0.1, 0.15) is 45.7 Å². The third-order valence-corrected chi connectivity index (χ3v) is 3.23. The van der Waals surface area contributed by atoms with Gasteiger partial charge in [-0.1, -0.05) is 39.8 Å². The maximum Gasteiger partial charge on any atom is 0.123 e. The summed E-state index contributed by atoms with van der Waals surface area (Å²) in [6.07, 6.45) is 1.02. The summed E-state index contributed by atoms with van der Waals surface area (Å²) in [6.45, 7) is 9.43. The van der Waals surface area contributed by atoms with Crippen LogP contribution in [-0.4, -0.2) is 19.8 Å². The highest BCUT2D eigenvalue weighted by Crippen LogP contribution is 2.32. The standard InChI is InChI=1S/C16H26FNO/c1-6-10-18-14(15(19-5)16(2,3)4)12-8-7-9-13(17)11-12/h7-9,11,14-15,18H,6,10H2,1-5H3. The molecule has 2 atom stereocenters. The molecule has 0 saturated heterocycles. The van der Waals surface area contributed by atoms with E-state index in [4.69, 9.17) is 4.74 Å².